The van der Waals surface area contributed by atoms with E-state index < -0.39 is 0 Å². The summed E-state index contributed by atoms with van der Waals surface area (Å²) in [6.45, 7) is 4.75. The molecule has 52 heavy (non-hydrogen) atoms. The van der Waals surface area contributed by atoms with Gasteiger partial charge in [0.05, 0.1) is 0 Å². The van der Waals surface area contributed by atoms with Crippen LogP contribution in [0.15, 0.2) is 140 Å². The molecule has 0 aliphatic heterocycles. The van der Waals surface area contributed by atoms with Crippen LogP contribution in [-0.2, 0) is 5.41 Å². The van der Waals surface area contributed by atoms with E-state index in [0.717, 1.165) is 5.92 Å². The van der Waals surface area contributed by atoms with Crippen molar-refractivity contribution >= 4 is 17.1 Å². The number of fused-ring (bicyclic) bond motifs is 3. The van der Waals surface area contributed by atoms with Gasteiger partial charge in [0.25, 0.3) is 0 Å². The third kappa shape index (κ3) is 6.09. The molecule has 0 heterocycles. The highest BCUT2D eigenvalue weighted by Gasteiger charge is 2.35. The molecule has 0 saturated heterocycles. The van der Waals surface area contributed by atoms with Crippen molar-refractivity contribution in [1.82, 2.24) is 0 Å². The van der Waals surface area contributed by atoms with Crippen LogP contribution in [0.4, 0.5) is 17.1 Å². The van der Waals surface area contributed by atoms with Gasteiger partial charge in [-0.15, -0.1) is 0 Å². The Bertz CT molecular complexity index is 2160. The van der Waals surface area contributed by atoms with Gasteiger partial charge in [0.1, 0.15) is 0 Å². The molecule has 0 N–H and O–H groups in total. The maximum Gasteiger partial charge on any atom is 0.0465 e. The lowest BCUT2D eigenvalue weighted by Crippen LogP contribution is -2.16. The zero-order valence-electron chi connectivity index (χ0n) is 31.0. The van der Waals surface area contributed by atoms with Crippen molar-refractivity contribution in [2.45, 2.75) is 95.3 Å². The molecular formula is C51H51N. The zero-order valence-corrected chi connectivity index (χ0v) is 31.0. The summed E-state index contributed by atoms with van der Waals surface area (Å²) < 4.78 is 0. The first-order valence-electron chi connectivity index (χ1n) is 20.0. The summed E-state index contributed by atoms with van der Waals surface area (Å²) in [5.41, 5.74) is 17.3. The van der Waals surface area contributed by atoms with Crippen LogP contribution in [0.5, 0.6) is 0 Å². The van der Waals surface area contributed by atoms with Crippen LogP contribution in [0.2, 0.25) is 0 Å². The summed E-state index contributed by atoms with van der Waals surface area (Å²) in [5.74, 6) is 1.40. The Hall–Kier alpha value is -4.88. The maximum atomic E-state index is 2.45. The quantitative estimate of drug-likeness (QED) is 0.163. The average Bonchev–Trinajstić information content (AvgIpc) is 3.45. The molecule has 6 aromatic rings. The molecule has 1 nitrogen and oxygen atoms in total. The SMILES string of the molecule is CC1(C)c2ccccc2-c2ccc(N(c3ccc(-c4ccc(C5CCCCC5)cc4)cc3)c3ccc(-c4ccccc4C4CCCCC4)cc3)cc21. The summed E-state index contributed by atoms with van der Waals surface area (Å²) in [6.07, 6.45) is 13.5. The molecule has 3 aliphatic rings. The summed E-state index contributed by atoms with van der Waals surface area (Å²) in [4.78, 5) is 2.45. The topological polar surface area (TPSA) is 3.24 Å². The van der Waals surface area contributed by atoms with Gasteiger partial charge < -0.3 is 4.90 Å². The van der Waals surface area contributed by atoms with Crippen molar-refractivity contribution in [3.05, 3.63) is 162 Å². The van der Waals surface area contributed by atoms with E-state index in [9.17, 15) is 0 Å². The number of rotatable bonds is 7. The molecule has 6 aromatic carbocycles. The van der Waals surface area contributed by atoms with Crippen molar-refractivity contribution in [3.8, 4) is 33.4 Å². The van der Waals surface area contributed by atoms with E-state index in [-0.39, 0.29) is 5.41 Å². The molecular weight excluding hydrogens is 627 g/mol. The van der Waals surface area contributed by atoms with E-state index in [1.54, 1.807) is 0 Å². The molecule has 0 atom stereocenters. The highest BCUT2D eigenvalue weighted by atomic mass is 15.1. The monoisotopic (exact) mass is 677 g/mol. The smallest absolute Gasteiger partial charge is 0.0465 e. The molecule has 9 rings (SSSR count). The van der Waals surface area contributed by atoms with E-state index in [2.05, 4.69) is 158 Å². The first-order valence-corrected chi connectivity index (χ1v) is 20.0. The molecule has 0 spiro atoms. The lowest BCUT2D eigenvalue weighted by Gasteiger charge is -2.28. The Balaban J connectivity index is 1.08. The van der Waals surface area contributed by atoms with Crippen molar-refractivity contribution in [2.24, 2.45) is 0 Å². The zero-order chi connectivity index (χ0) is 35.1. The molecule has 1 heteroatoms. The molecule has 0 aromatic heterocycles. The van der Waals surface area contributed by atoms with E-state index in [0.29, 0.717) is 5.92 Å². The van der Waals surface area contributed by atoms with Gasteiger partial charge in [-0.2, -0.15) is 0 Å². The molecule has 3 aliphatic carbocycles. The van der Waals surface area contributed by atoms with Gasteiger partial charge in [-0.25, -0.2) is 0 Å². The van der Waals surface area contributed by atoms with Crippen LogP contribution in [-0.4, -0.2) is 0 Å². The highest BCUT2D eigenvalue weighted by Crippen LogP contribution is 2.51. The predicted octanol–water partition coefficient (Wildman–Crippen LogP) is 14.9. The third-order valence-electron chi connectivity index (χ3n) is 12.7. The van der Waals surface area contributed by atoms with Crippen LogP contribution in [0.25, 0.3) is 33.4 Å². The van der Waals surface area contributed by atoms with Crippen LogP contribution in [0, 0.1) is 0 Å². The first kappa shape index (κ1) is 33.0. The van der Waals surface area contributed by atoms with Crippen LogP contribution >= 0.6 is 0 Å². The Kier molecular flexibility index (Phi) is 8.83. The van der Waals surface area contributed by atoms with E-state index in [1.165, 1.54) is 137 Å². The maximum absolute atomic E-state index is 2.45. The number of benzene rings is 6. The van der Waals surface area contributed by atoms with Crippen LogP contribution in [0.3, 0.4) is 0 Å². The van der Waals surface area contributed by atoms with Gasteiger partial charge in [-0.1, -0.05) is 156 Å². The Morgan fingerprint density at radius 2 is 0.923 bits per heavy atom. The van der Waals surface area contributed by atoms with Gasteiger partial charge in [0.2, 0.25) is 0 Å². The second-order valence-corrected chi connectivity index (χ2v) is 16.2. The van der Waals surface area contributed by atoms with Crippen molar-refractivity contribution in [3.63, 3.8) is 0 Å². The highest BCUT2D eigenvalue weighted by molar-refractivity contribution is 5.86. The first-order chi connectivity index (χ1) is 25.5. The molecule has 260 valence electrons. The predicted molar refractivity (Wildman–Crippen MR) is 221 cm³/mol. The Labute approximate surface area is 311 Å². The largest absolute Gasteiger partial charge is 0.310 e. The molecule has 0 bridgehead atoms. The molecule has 2 fully saturated rings. The number of nitrogens with zero attached hydrogens (tertiary/aromatic N) is 1. The number of hydrogen-bond acceptors (Lipinski definition) is 1. The van der Waals surface area contributed by atoms with Gasteiger partial charge in [0, 0.05) is 22.5 Å². The standard InChI is InChI=1S/C51H51N/c1-51(2)49-20-12-11-19-47(49)48-34-33-44(35-50(48)51)52(42-29-25-39(26-30-42)38-23-21-37(22-24-38)36-13-5-3-6-14-36)43-31-27-41(28-32-43)46-18-10-9-17-45(46)40-15-7-4-8-16-40/h9-12,17-36,40H,3-8,13-16H2,1-2H3. The van der Waals surface area contributed by atoms with E-state index in [4.69, 9.17) is 0 Å². The minimum absolute atomic E-state index is 0.0616. The third-order valence-corrected chi connectivity index (χ3v) is 12.7. The van der Waals surface area contributed by atoms with Gasteiger partial charge >= 0.3 is 0 Å². The van der Waals surface area contributed by atoms with Crippen LogP contribution < -0.4 is 4.90 Å². The minimum atomic E-state index is -0.0616. The summed E-state index contributed by atoms with van der Waals surface area (Å²) in [5, 5.41) is 0. The van der Waals surface area contributed by atoms with Gasteiger partial charge in [0.15, 0.2) is 0 Å². The van der Waals surface area contributed by atoms with Gasteiger partial charge in [-0.05, 0) is 130 Å². The summed E-state index contributed by atoms with van der Waals surface area (Å²) in [6, 6.07) is 53.2. The fraction of sp³-hybridized carbons (Fsp3) is 0.294. The van der Waals surface area contributed by atoms with Crippen molar-refractivity contribution < 1.29 is 0 Å². The minimum Gasteiger partial charge on any atom is -0.310 e. The molecule has 2 saturated carbocycles. The normalized spacial score (nSPS) is 17.0. The molecule has 0 amide bonds. The second kappa shape index (κ2) is 13.9. The van der Waals surface area contributed by atoms with E-state index in [1.807, 2.05) is 0 Å². The lowest BCUT2D eigenvalue weighted by molar-refractivity contribution is 0.443. The molecule has 0 unspecified atom stereocenters. The van der Waals surface area contributed by atoms with Crippen molar-refractivity contribution in [1.29, 1.82) is 0 Å². The Morgan fingerprint density at radius 3 is 1.58 bits per heavy atom. The summed E-state index contributed by atoms with van der Waals surface area (Å²) in [7, 11) is 0. The molecule has 0 radical (unpaired) electrons. The second-order valence-electron chi connectivity index (χ2n) is 16.2. The van der Waals surface area contributed by atoms with Crippen molar-refractivity contribution in [2.75, 3.05) is 4.90 Å². The fourth-order valence-corrected chi connectivity index (χ4v) is 9.78. The average molecular weight is 678 g/mol. The summed E-state index contributed by atoms with van der Waals surface area (Å²) >= 11 is 0. The van der Waals surface area contributed by atoms with E-state index >= 15 is 0 Å². The van der Waals surface area contributed by atoms with Gasteiger partial charge in [-0.3, -0.25) is 0 Å². The lowest BCUT2D eigenvalue weighted by atomic mass is 9.81. The Morgan fingerprint density at radius 1 is 0.423 bits per heavy atom. The number of hydrogen-bond donors (Lipinski definition) is 0. The fourth-order valence-electron chi connectivity index (χ4n) is 9.78. The number of anilines is 3. The van der Waals surface area contributed by atoms with Crippen LogP contribution in [0.1, 0.15) is 112 Å².